The van der Waals surface area contributed by atoms with E-state index in [9.17, 15) is 0 Å². The lowest BCUT2D eigenvalue weighted by Crippen LogP contribution is -2.45. The summed E-state index contributed by atoms with van der Waals surface area (Å²) < 4.78 is 7.74. The van der Waals surface area contributed by atoms with Gasteiger partial charge in [0.2, 0.25) is 0 Å². The van der Waals surface area contributed by atoms with E-state index in [-0.39, 0.29) is 11.0 Å². The zero-order valence-electron chi connectivity index (χ0n) is 13.6. The van der Waals surface area contributed by atoms with E-state index in [1.165, 1.54) is 11.4 Å². The van der Waals surface area contributed by atoms with E-state index in [0.29, 0.717) is 0 Å². The van der Waals surface area contributed by atoms with Gasteiger partial charge in [-0.05, 0) is 46.1 Å². The molecule has 0 aromatic carbocycles. The van der Waals surface area contributed by atoms with Crippen LogP contribution in [0, 0.1) is 5.41 Å². The highest BCUT2D eigenvalue weighted by atomic mass is 16.5. The summed E-state index contributed by atoms with van der Waals surface area (Å²) in [4.78, 5) is 0. The Kier molecular flexibility index (Phi) is 4.55. The number of ether oxygens (including phenoxy) is 1. The molecule has 0 saturated carbocycles. The minimum atomic E-state index is 0.149. The molecule has 0 bridgehead atoms. The largest absolute Gasteiger partial charge is 0.381 e. The van der Waals surface area contributed by atoms with Gasteiger partial charge >= 0.3 is 0 Å². The van der Waals surface area contributed by atoms with Crippen molar-refractivity contribution in [2.45, 2.75) is 52.5 Å². The van der Waals surface area contributed by atoms with Crippen molar-refractivity contribution in [3.8, 4) is 0 Å². The summed E-state index contributed by atoms with van der Waals surface area (Å²) >= 11 is 0. The van der Waals surface area contributed by atoms with E-state index in [2.05, 4.69) is 51.2 Å². The lowest BCUT2D eigenvalue weighted by atomic mass is 9.81. The third kappa shape index (κ3) is 3.83. The minimum Gasteiger partial charge on any atom is -0.381 e. The Morgan fingerprint density at radius 3 is 2.70 bits per heavy atom. The van der Waals surface area contributed by atoms with Crippen molar-refractivity contribution in [1.82, 2.24) is 15.1 Å². The van der Waals surface area contributed by atoms with Crippen molar-refractivity contribution in [2.75, 3.05) is 19.8 Å². The second-order valence-corrected chi connectivity index (χ2v) is 7.19. The Labute approximate surface area is 122 Å². The van der Waals surface area contributed by atoms with Crippen molar-refractivity contribution < 1.29 is 4.74 Å². The second-order valence-electron chi connectivity index (χ2n) is 7.19. The molecule has 0 amide bonds. The molecule has 1 aliphatic rings. The lowest BCUT2D eigenvalue weighted by Gasteiger charge is -2.32. The summed E-state index contributed by atoms with van der Waals surface area (Å²) in [6.45, 7) is 11.5. The minimum absolute atomic E-state index is 0.149. The number of nitrogens with one attached hydrogen (secondary N) is 1. The monoisotopic (exact) mass is 279 g/mol. The summed E-state index contributed by atoms with van der Waals surface area (Å²) in [6.07, 6.45) is 3.17. The highest BCUT2D eigenvalue weighted by Gasteiger charge is 2.36. The van der Waals surface area contributed by atoms with Crippen LogP contribution in [0.25, 0.3) is 0 Å². The predicted octanol–water partition coefficient (Wildman–Crippen LogP) is 2.32. The Morgan fingerprint density at radius 2 is 2.20 bits per heavy atom. The molecule has 1 fully saturated rings. The Morgan fingerprint density at radius 1 is 1.45 bits per heavy atom. The SMILES string of the molecule is CCc1cc(CC2(CNC(C)(C)C)CCOC2)n(C)n1. The van der Waals surface area contributed by atoms with Gasteiger partial charge < -0.3 is 10.1 Å². The van der Waals surface area contributed by atoms with Gasteiger partial charge in [-0.1, -0.05) is 6.92 Å². The first kappa shape index (κ1) is 15.5. The number of aromatic nitrogens is 2. The van der Waals surface area contributed by atoms with Crippen LogP contribution < -0.4 is 5.32 Å². The maximum atomic E-state index is 5.70. The topological polar surface area (TPSA) is 39.1 Å². The number of hydrogen-bond acceptors (Lipinski definition) is 3. The lowest BCUT2D eigenvalue weighted by molar-refractivity contribution is 0.142. The third-order valence-electron chi connectivity index (χ3n) is 4.12. The molecule has 1 aliphatic heterocycles. The smallest absolute Gasteiger partial charge is 0.0624 e. The number of nitrogens with zero attached hydrogens (tertiary/aromatic N) is 2. The Balaban J connectivity index is 2.10. The van der Waals surface area contributed by atoms with Crippen LogP contribution in [0.1, 0.15) is 45.5 Å². The van der Waals surface area contributed by atoms with Gasteiger partial charge in [-0.15, -0.1) is 0 Å². The summed E-state index contributed by atoms with van der Waals surface area (Å²) in [6, 6.07) is 2.25. The molecule has 2 rings (SSSR count). The van der Waals surface area contributed by atoms with Gasteiger partial charge in [-0.2, -0.15) is 5.10 Å². The van der Waals surface area contributed by atoms with Crippen molar-refractivity contribution >= 4 is 0 Å². The molecule has 1 aromatic rings. The summed E-state index contributed by atoms with van der Waals surface area (Å²) in [5.41, 5.74) is 2.87. The Bertz CT molecular complexity index is 439. The third-order valence-corrected chi connectivity index (χ3v) is 4.12. The maximum absolute atomic E-state index is 5.70. The second kappa shape index (κ2) is 5.86. The fourth-order valence-corrected chi connectivity index (χ4v) is 2.74. The van der Waals surface area contributed by atoms with Crippen molar-refractivity contribution in [1.29, 1.82) is 0 Å². The summed E-state index contributed by atoms with van der Waals surface area (Å²) in [5.74, 6) is 0. The quantitative estimate of drug-likeness (QED) is 0.899. The molecule has 4 nitrogen and oxygen atoms in total. The van der Waals surface area contributed by atoms with Crippen LogP contribution in [0.4, 0.5) is 0 Å². The summed E-state index contributed by atoms with van der Waals surface area (Å²) in [7, 11) is 2.05. The number of aryl methyl sites for hydroxylation is 2. The average Bonchev–Trinajstić information content (AvgIpc) is 2.95. The molecule has 114 valence electrons. The zero-order chi connectivity index (χ0) is 14.8. The number of rotatable bonds is 5. The maximum Gasteiger partial charge on any atom is 0.0624 e. The highest BCUT2D eigenvalue weighted by Crippen LogP contribution is 2.32. The van der Waals surface area contributed by atoms with Crippen LogP contribution in [0.3, 0.4) is 0 Å². The number of hydrogen-bond donors (Lipinski definition) is 1. The molecule has 1 saturated heterocycles. The van der Waals surface area contributed by atoms with E-state index >= 15 is 0 Å². The molecule has 20 heavy (non-hydrogen) atoms. The summed E-state index contributed by atoms with van der Waals surface area (Å²) in [5, 5.41) is 8.22. The molecule has 1 N–H and O–H groups in total. The standard InChI is InChI=1S/C16H29N3O/c1-6-13-9-14(19(5)18-13)10-16(7-8-20-12-16)11-17-15(2,3)4/h9,17H,6-8,10-12H2,1-5H3. The molecule has 1 unspecified atom stereocenters. The zero-order valence-corrected chi connectivity index (χ0v) is 13.6. The van der Waals surface area contributed by atoms with Gasteiger partial charge in [0.1, 0.15) is 0 Å². The van der Waals surface area contributed by atoms with E-state index < -0.39 is 0 Å². The van der Waals surface area contributed by atoms with Crippen molar-refractivity contribution in [3.05, 3.63) is 17.5 Å². The van der Waals surface area contributed by atoms with Crippen molar-refractivity contribution in [2.24, 2.45) is 12.5 Å². The molecular weight excluding hydrogens is 250 g/mol. The van der Waals surface area contributed by atoms with Gasteiger partial charge in [0.15, 0.2) is 0 Å². The van der Waals surface area contributed by atoms with Gasteiger partial charge in [0, 0.05) is 36.8 Å². The van der Waals surface area contributed by atoms with Crippen molar-refractivity contribution in [3.63, 3.8) is 0 Å². The normalized spacial score (nSPS) is 23.4. The van der Waals surface area contributed by atoms with E-state index in [1.54, 1.807) is 0 Å². The fraction of sp³-hybridized carbons (Fsp3) is 0.812. The van der Waals surface area contributed by atoms with Crippen LogP contribution in [0.5, 0.6) is 0 Å². The molecule has 4 heteroatoms. The van der Waals surface area contributed by atoms with Crippen LogP contribution in [-0.4, -0.2) is 35.1 Å². The Hall–Kier alpha value is -0.870. The molecule has 2 heterocycles. The van der Waals surface area contributed by atoms with E-state index in [1.807, 2.05) is 4.68 Å². The van der Waals surface area contributed by atoms with Crippen LogP contribution in [0.15, 0.2) is 6.07 Å². The van der Waals surface area contributed by atoms with E-state index in [0.717, 1.165) is 39.0 Å². The van der Waals surface area contributed by atoms with Gasteiger partial charge in [-0.25, -0.2) is 0 Å². The molecule has 1 atom stereocenters. The van der Waals surface area contributed by atoms with Gasteiger partial charge in [0.25, 0.3) is 0 Å². The van der Waals surface area contributed by atoms with Crippen LogP contribution >= 0.6 is 0 Å². The molecule has 0 spiro atoms. The van der Waals surface area contributed by atoms with Crippen LogP contribution in [-0.2, 0) is 24.6 Å². The fourth-order valence-electron chi connectivity index (χ4n) is 2.74. The van der Waals surface area contributed by atoms with Crippen LogP contribution in [0.2, 0.25) is 0 Å². The van der Waals surface area contributed by atoms with Gasteiger partial charge in [0.05, 0.1) is 12.3 Å². The highest BCUT2D eigenvalue weighted by molar-refractivity contribution is 5.13. The molecule has 1 aromatic heterocycles. The average molecular weight is 279 g/mol. The first-order valence-electron chi connectivity index (χ1n) is 7.68. The van der Waals surface area contributed by atoms with E-state index in [4.69, 9.17) is 4.74 Å². The predicted molar refractivity (Wildman–Crippen MR) is 81.9 cm³/mol. The molecular formula is C16H29N3O. The van der Waals surface area contributed by atoms with Gasteiger partial charge in [-0.3, -0.25) is 4.68 Å². The first-order chi connectivity index (χ1) is 9.34. The first-order valence-corrected chi connectivity index (χ1v) is 7.68. The molecule has 0 aliphatic carbocycles. The molecule has 0 radical (unpaired) electrons.